The first kappa shape index (κ1) is 16.1. The molecule has 0 heterocycles. The summed E-state index contributed by atoms with van der Waals surface area (Å²) in [4.78, 5) is 0. The number of halogens is 1. The van der Waals surface area contributed by atoms with Gasteiger partial charge in [-0.15, -0.1) is 0 Å². The summed E-state index contributed by atoms with van der Waals surface area (Å²) in [7, 11) is 0. The SMILES string of the molecule is CCCNCc1ccc(Oc2ccc(CC)cc2)cc1Br. The molecular weight excluding hydrogens is 326 g/mol. The number of nitrogens with one attached hydrogen (secondary N) is 1. The van der Waals surface area contributed by atoms with Gasteiger partial charge in [-0.05, 0) is 54.8 Å². The average Bonchev–Trinajstić information content (AvgIpc) is 2.50. The smallest absolute Gasteiger partial charge is 0.128 e. The second-order valence-corrected chi connectivity index (χ2v) is 5.88. The molecule has 3 heteroatoms. The summed E-state index contributed by atoms with van der Waals surface area (Å²) in [6.07, 6.45) is 2.19. The molecule has 0 saturated heterocycles. The van der Waals surface area contributed by atoms with E-state index in [9.17, 15) is 0 Å². The van der Waals surface area contributed by atoms with Crippen LogP contribution in [0.2, 0.25) is 0 Å². The lowest BCUT2D eigenvalue weighted by molar-refractivity contribution is 0.481. The van der Waals surface area contributed by atoms with E-state index in [2.05, 4.69) is 53.3 Å². The lowest BCUT2D eigenvalue weighted by atomic mass is 10.2. The minimum absolute atomic E-state index is 0.852. The maximum atomic E-state index is 5.89. The summed E-state index contributed by atoms with van der Waals surface area (Å²) in [5, 5.41) is 3.40. The first-order valence-electron chi connectivity index (χ1n) is 7.49. The zero-order chi connectivity index (χ0) is 15.1. The fourth-order valence-electron chi connectivity index (χ4n) is 2.06. The van der Waals surface area contributed by atoms with E-state index >= 15 is 0 Å². The summed E-state index contributed by atoms with van der Waals surface area (Å²) in [6, 6.07) is 14.4. The van der Waals surface area contributed by atoms with Crippen LogP contribution < -0.4 is 10.1 Å². The third kappa shape index (κ3) is 4.87. The van der Waals surface area contributed by atoms with Crippen molar-refractivity contribution in [2.75, 3.05) is 6.54 Å². The van der Waals surface area contributed by atoms with E-state index in [1.165, 1.54) is 11.1 Å². The average molecular weight is 348 g/mol. The Balaban J connectivity index is 2.01. The van der Waals surface area contributed by atoms with E-state index in [0.717, 1.165) is 41.9 Å². The Bertz CT molecular complexity index is 566. The Kier molecular flexibility index (Phi) is 6.27. The summed E-state index contributed by atoms with van der Waals surface area (Å²) in [5.74, 6) is 1.72. The fourth-order valence-corrected chi connectivity index (χ4v) is 2.56. The van der Waals surface area contributed by atoms with Gasteiger partial charge in [0.25, 0.3) is 0 Å². The number of hydrogen-bond acceptors (Lipinski definition) is 2. The molecule has 0 aliphatic rings. The molecule has 0 amide bonds. The molecular formula is C18H22BrNO. The van der Waals surface area contributed by atoms with Crippen molar-refractivity contribution < 1.29 is 4.74 Å². The monoisotopic (exact) mass is 347 g/mol. The Hall–Kier alpha value is -1.32. The van der Waals surface area contributed by atoms with Crippen molar-refractivity contribution in [2.24, 2.45) is 0 Å². The minimum Gasteiger partial charge on any atom is -0.457 e. The van der Waals surface area contributed by atoms with Gasteiger partial charge in [-0.2, -0.15) is 0 Å². The topological polar surface area (TPSA) is 21.3 Å². The molecule has 0 aromatic heterocycles. The van der Waals surface area contributed by atoms with Gasteiger partial charge in [-0.1, -0.05) is 48.0 Å². The molecule has 0 aliphatic heterocycles. The molecule has 112 valence electrons. The van der Waals surface area contributed by atoms with E-state index < -0.39 is 0 Å². The van der Waals surface area contributed by atoms with E-state index in [1.807, 2.05) is 24.3 Å². The molecule has 21 heavy (non-hydrogen) atoms. The fraction of sp³-hybridized carbons (Fsp3) is 0.333. The molecule has 0 aliphatic carbocycles. The zero-order valence-corrected chi connectivity index (χ0v) is 14.2. The molecule has 2 rings (SSSR count). The lowest BCUT2D eigenvalue weighted by Crippen LogP contribution is -2.14. The van der Waals surface area contributed by atoms with Gasteiger partial charge in [0, 0.05) is 11.0 Å². The van der Waals surface area contributed by atoms with Gasteiger partial charge in [0.15, 0.2) is 0 Å². The van der Waals surface area contributed by atoms with Crippen molar-refractivity contribution in [3.8, 4) is 11.5 Å². The number of ether oxygens (including phenoxy) is 1. The van der Waals surface area contributed by atoms with Crippen molar-refractivity contribution in [3.63, 3.8) is 0 Å². The molecule has 0 bridgehead atoms. The Morgan fingerprint density at radius 2 is 1.71 bits per heavy atom. The molecule has 0 atom stereocenters. The summed E-state index contributed by atoms with van der Waals surface area (Å²) in [5.41, 5.74) is 2.57. The highest BCUT2D eigenvalue weighted by Gasteiger charge is 2.03. The Labute approximate surface area is 135 Å². The number of benzene rings is 2. The number of hydrogen-bond donors (Lipinski definition) is 1. The van der Waals surface area contributed by atoms with Gasteiger partial charge in [0.2, 0.25) is 0 Å². The van der Waals surface area contributed by atoms with Crippen molar-refractivity contribution in [3.05, 3.63) is 58.1 Å². The predicted molar refractivity (Wildman–Crippen MR) is 92.0 cm³/mol. The van der Waals surface area contributed by atoms with Gasteiger partial charge >= 0.3 is 0 Å². The van der Waals surface area contributed by atoms with Gasteiger partial charge in [-0.25, -0.2) is 0 Å². The predicted octanol–water partition coefficient (Wildman–Crippen LogP) is 5.30. The number of aryl methyl sites for hydroxylation is 1. The first-order valence-corrected chi connectivity index (χ1v) is 8.28. The van der Waals surface area contributed by atoms with Crippen LogP contribution in [-0.2, 0) is 13.0 Å². The van der Waals surface area contributed by atoms with Crippen LogP contribution in [-0.4, -0.2) is 6.54 Å². The van der Waals surface area contributed by atoms with E-state index in [0.29, 0.717) is 0 Å². The largest absolute Gasteiger partial charge is 0.457 e. The van der Waals surface area contributed by atoms with Gasteiger partial charge < -0.3 is 10.1 Å². The third-order valence-corrected chi connectivity index (χ3v) is 4.07. The van der Waals surface area contributed by atoms with Crippen LogP contribution in [0.25, 0.3) is 0 Å². The highest BCUT2D eigenvalue weighted by molar-refractivity contribution is 9.10. The van der Waals surface area contributed by atoms with Crippen LogP contribution in [0.1, 0.15) is 31.4 Å². The minimum atomic E-state index is 0.852. The maximum absolute atomic E-state index is 5.89. The van der Waals surface area contributed by atoms with E-state index in [-0.39, 0.29) is 0 Å². The Morgan fingerprint density at radius 3 is 2.33 bits per heavy atom. The van der Waals surface area contributed by atoms with Crippen molar-refractivity contribution in [1.82, 2.24) is 5.32 Å². The molecule has 0 radical (unpaired) electrons. The molecule has 2 aromatic carbocycles. The van der Waals surface area contributed by atoms with Crippen LogP contribution in [0.3, 0.4) is 0 Å². The Morgan fingerprint density at radius 1 is 1.00 bits per heavy atom. The summed E-state index contributed by atoms with van der Waals surface area (Å²) < 4.78 is 6.97. The van der Waals surface area contributed by atoms with Crippen LogP contribution in [0, 0.1) is 0 Å². The van der Waals surface area contributed by atoms with E-state index in [4.69, 9.17) is 4.74 Å². The van der Waals surface area contributed by atoms with Crippen LogP contribution in [0.15, 0.2) is 46.9 Å². The lowest BCUT2D eigenvalue weighted by Gasteiger charge is -2.10. The zero-order valence-electron chi connectivity index (χ0n) is 12.7. The second-order valence-electron chi connectivity index (χ2n) is 5.03. The van der Waals surface area contributed by atoms with Crippen LogP contribution in [0.5, 0.6) is 11.5 Å². The number of rotatable bonds is 7. The third-order valence-electron chi connectivity index (χ3n) is 3.33. The van der Waals surface area contributed by atoms with Gasteiger partial charge in [-0.3, -0.25) is 0 Å². The summed E-state index contributed by atoms with van der Waals surface area (Å²) in [6.45, 7) is 6.23. The molecule has 0 spiro atoms. The van der Waals surface area contributed by atoms with Crippen molar-refractivity contribution >= 4 is 15.9 Å². The molecule has 0 unspecified atom stereocenters. The van der Waals surface area contributed by atoms with Gasteiger partial charge in [0.05, 0.1) is 0 Å². The van der Waals surface area contributed by atoms with E-state index in [1.54, 1.807) is 0 Å². The quantitative estimate of drug-likeness (QED) is 0.685. The molecule has 1 N–H and O–H groups in total. The standard InChI is InChI=1S/C18H22BrNO/c1-3-11-20-13-15-7-10-17(12-18(15)19)21-16-8-5-14(4-2)6-9-16/h5-10,12,20H,3-4,11,13H2,1-2H3. The van der Waals surface area contributed by atoms with Crippen LogP contribution >= 0.6 is 15.9 Å². The molecule has 0 saturated carbocycles. The second kappa shape index (κ2) is 8.20. The van der Waals surface area contributed by atoms with Crippen molar-refractivity contribution in [1.29, 1.82) is 0 Å². The molecule has 2 aromatic rings. The van der Waals surface area contributed by atoms with Gasteiger partial charge in [0.1, 0.15) is 11.5 Å². The molecule has 0 fully saturated rings. The maximum Gasteiger partial charge on any atom is 0.128 e. The highest BCUT2D eigenvalue weighted by Crippen LogP contribution is 2.27. The first-order chi connectivity index (χ1) is 10.2. The normalized spacial score (nSPS) is 10.6. The molecule has 2 nitrogen and oxygen atoms in total. The highest BCUT2D eigenvalue weighted by atomic mass is 79.9. The summed E-state index contributed by atoms with van der Waals surface area (Å²) >= 11 is 3.62. The van der Waals surface area contributed by atoms with Crippen molar-refractivity contribution in [2.45, 2.75) is 33.2 Å². The van der Waals surface area contributed by atoms with Crippen LogP contribution in [0.4, 0.5) is 0 Å².